The summed E-state index contributed by atoms with van der Waals surface area (Å²) in [5.41, 5.74) is 0.577. The molecule has 0 aromatic heterocycles. The molecule has 0 bridgehead atoms. The average molecular weight is 401 g/mol. The quantitative estimate of drug-likeness (QED) is 0.379. The Morgan fingerprint density at radius 1 is 1.00 bits per heavy atom. The number of carbonyl (C=O) groups excluding carboxylic acids is 2. The zero-order chi connectivity index (χ0) is 21.2. The van der Waals surface area contributed by atoms with Crippen molar-refractivity contribution in [2.75, 3.05) is 25.1 Å². The van der Waals surface area contributed by atoms with Crippen LogP contribution in [0, 0.1) is 10.1 Å². The number of nitrogens with one attached hydrogen (secondary N) is 2. The number of ether oxygens (including phenoxy) is 2. The predicted octanol–water partition coefficient (Wildman–Crippen LogP) is 2.69. The van der Waals surface area contributed by atoms with E-state index in [1.165, 1.54) is 24.3 Å². The van der Waals surface area contributed by atoms with Gasteiger partial charge in [0.05, 0.1) is 18.1 Å². The van der Waals surface area contributed by atoms with Gasteiger partial charge in [-0.25, -0.2) is 0 Å². The number of amides is 2. The number of benzene rings is 2. The van der Waals surface area contributed by atoms with Crippen LogP contribution in [0.2, 0.25) is 0 Å². The zero-order valence-corrected chi connectivity index (χ0v) is 16.3. The van der Waals surface area contributed by atoms with Gasteiger partial charge in [0.1, 0.15) is 5.69 Å². The van der Waals surface area contributed by atoms with Crippen molar-refractivity contribution in [2.45, 2.75) is 20.3 Å². The van der Waals surface area contributed by atoms with E-state index in [0.717, 1.165) is 5.56 Å². The number of nitro groups is 1. The maximum Gasteiger partial charge on any atom is 0.313 e. The molecule has 2 rings (SSSR count). The van der Waals surface area contributed by atoms with Crippen LogP contribution in [-0.4, -0.2) is 36.5 Å². The Morgan fingerprint density at radius 2 is 1.69 bits per heavy atom. The maximum absolute atomic E-state index is 12.0. The first kappa shape index (κ1) is 21.7. The number of nitrogens with zero attached hydrogens (tertiary/aromatic N) is 1. The smallest absolute Gasteiger partial charge is 0.313 e. The van der Waals surface area contributed by atoms with Crippen LogP contribution in [0.3, 0.4) is 0 Å². The number of rotatable bonds is 9. The standard InChI is InChI=1S/C20H23N3O6/c1-3-28-17-10-9-14(13-18(17)29-4-2)11-12-21-19(24)20(25)22-15-7-5-6-8-16(15)23(26)27/h5-10,13H,3-4,11-12H2,1-2H3,(H,21,24)(H,22,25). The third kappa shape index (κ3) is 6.20. The molecule has 0 unspecified atom stereocenters. The molecule has 2 N–H and O–H groups in total. The Hall–Kier alpha value is -3.62. The summed E-state index contributed by atoms with van der Waals surface area (Å²) in [7, 11) is 0. The molecule has 0 atom stereocenters. The minimum Gasteiger partial charge on any atom is -0.490 e. The highest BCUT2D eigenvalue weighted by molar-refractivity contribution is 6.39. The third-order valence-electron chi connectivity index (χ3n) is 3.86. The van der Waals surface area contributed by atoms with Gasteiger partial charge < -0.3 is 20.1 Å². The lowest BCUT2D eigenvalue weighted by atomic mass is 10.1. The normalized spacial score (nSPS) is 10.1. The van der Waals surface area contributed by atoms with Gasteiger partial charge in [0, 0.05) is 12.6 Å². The number of para-hydroxylation sites is 2. The molecule has 0 saturated heterocycles. The highest BCUT2D eigenvalue weighted by Gasteiger charge is 2.19. The second kappa shape index (κ2) is 10.6. The van der Waals surface area contributed by atoms with Crippen LogP contribution in [0.1, 0.15) is 19.4 Å². The van der Waals surface area contributed by atoms with Gasteiger partial charge in [-0.05, 0) is 44.0 Å². The Kier molecular flexibility index (Phi) is 7.96. The summed E-state index contributed by atoms with van der Waals surface area (Å²) in [6.45, 7) is 4.98. The van der Waals surface area contributed by atoms with E-state index < -0.39 is 16.7 Å². The minimum atomic E-state index is -0.971. The van der Waals surface area contributed by atoms with Gasteiger partial charge in [-0.2, -0.15) is 0 Å². The number of hydrogen-bond donors (Lipinski definition) is 2. The molecule has 0 spiro atoms. The summed E-state index contributed by atoms with van der Waals surface area (Å²) >= 11 is 0. The highest BCUT2D eigenvalue weighted by Crippen LogP contribution is 2.28. The number of anilines is 1. The van der Waals surface area contributed by atoms with Crippen molar-refractivity contribution in [2.24, 2.45) is 0 Å². The number of hydrogen-bond acceptors (Lipinski definition) is 6. The maximum atomic E-state index is 12.0. The van der Waals surface area contributed by atoms with E-state index >= 15 is 0 Å². The molecule has 0 saturated carbocycles. The van der Waals surface area contributed by atoms with Gasteiger partial charge in [-0.1, -0.05) is 18.2 Å². The highest BCUT2D eigenvalue weighted by atomic mass is 16.6. The molecule has 0 heterocycles. The largest absolute Gasteiger partial charge is 0.490 e. The van der Waals surface area contributed by atoms with E-state index in [-0.39, 0.29) is 17.9 Å². The lowest BCUT2D eigenvalue weighted by Crippen LogP contribution is -2.36. The van der Waals surface area contributed by atoms with Gasteiger partial charge in [0.25, 0.3) is 5.69 Å². The second-order valence-electron chi connectivity index (χ2n) is 5.88. The van der Waals surface area contributed by atoms with Crippen molar-refractivity contribution >= 4 is 23.2 Å². The van der Waals surface area contributed by atoms with Crippen LogP contribution in [0.4, 0.5) is 11.4 Å². The Labute approximate surface area is 168 Å². The van der Waals surface area contributed by atoms with Crippen molar-refractivity contribution in [3.63, 3.8) is 0 Å². The molecule has 2 aromatic rings. The van der Waals surface area contributed by atoms with Gasteiger partial charge in [-0.3, -0.25) is 19.7 Å². The van der Waals surface area contributed by atoms with E-state index in [4.69, 9.17) is 9.47 Å². The lowest BCUT2D eigenvalue weighted by Gasteiger charge is -2.12. The fraction of sp³-hybridized carbons (Fsp3) is 0.300. The molecule has 2 aromatic carbocycles. The molecule has 9 heteroatoms. The van der Waals surface area contributed by atoms with Crippen LogP contribution < -0.4 is 20.1 Å². The monoisotopic (exact) mass is 401 g/mol. The summed E-state index contributed by atoms with van der Waals surface area (Å²) in [5.74, 6) is -0.585. The second-order valence-corrected chi connectivity index (χ2v) is 5.88. The molecule has 0 aliphatic heterocycles. The van der Waals surface area contributed by atoms with E-state index in [9.17, 15) is 19.7 Å². The zero-order valence-electron chi connectivity index (χ0n) is 16.3. The minimum absolute atomic E-state index is 0.0366. The molecule has 0 aliphatic carbocycles. The lowest BCUT2D eigenvalue weighted by molar-refractivity contribution is -0.383. The Balaban J connectivity index is 1.92. The molecule has 9 nitrogen and oxygen atoms in total. The summed E-state index contributed by atoms with van der Waals surface area (Å²) < 4.78 is 11.1. The van der Waals surface area contributed by atoms with Gasteiger partial charge in [0.15, 0.2) is 11.5 Å². The Morgan fingerprint density at radius 3 is 2.38 bits per heavy atom. The fourth-order valence-corrected chi connectivity index (χ4v) is 2.57. The van der Waals surface area contributed by atoms with Crippen LogP contribution in [0.25, 0.3) is 0 Å². The van der Waals surface area contributed by atoms with E-state index in [2.05, 4.69) is 10.6 Å². The van der Waals surface area contributed by atoms with Crippen molar-refractivity contribution in [1.29, 1.82) is 0 Å². The van der Waals surface area contributed by atoms with Crippen LogP contribution in [-0.2, 0) is 16.0 Å². The van der Waals surface area contributed by atoms with Gasteiger partial charge in [0.2, 0.25) is 0 Å². The molecule has 0 radical (unpaired) electrons. The van der Waals surface area contributed by atoms with Crippen LogP contribution in [0.5, 0.6) is 11.5 Å². The summed E-state index contributed by atoms with van der Waals surface area (Å²) in [6.07, 6.45) is 0.469. The van der Waals surface area contributed by atoms with Crippen molar-refractivity contribution in [3.8, 4) is 11.5 Å². The number of carbonyl (C=O) groups is 2. The molecular weight excluding hydrogens is 378 g/mol. The fourth-order valence-electron chi connectivity index (χ4n) is 2.57. The first-order valence-electron chi connectivity index (χ1n) is 9.17. The predicted molar refractivity (Wildman–Crippen MR) is 107 cm³/mol. The third-order valence-corrected chi connectivity index (χ3v) is 3.86. The SMILES string of the molecule is CCOc1ccc(CCNC(=O)C(=O)Nc2ccccc2[N+](=O)[O-])cc1OCC. The molecule has 0 aliphatic rings. The van der Waals surface area contributed by atoms with Crippen molar-refractivity contribution in [1.82, 2.24) is 5.32 Å². The van der Waals surface area contributed by atoms with Crippen LogP contribution >= 0.6 is 0 Å². The van der Waals surface area contributed by atoms with Gasteiger partial charge in [-0.15, -0.1) is 0 Å². The van der Waals surface area contributed by atoms with E-state index in [1.54, 1.807) is 6.07 Å². The molecule has 0 fully saturated rings. The summed E-state index contributed by atoms with van der Waals surface area (Å²) in [4.78, 5) is 34.3. The Bertz CT molecular complexity index is 884. The van der Waals surface area contributed by atoms with Crippen molar-refractivity contribution in [3.05, 3.63) is 58.1 Å². The molecule has 2 amide bonds. The first-order valence-corrected chi connectivity index (χ1v) is 9.17. The van der Waals surface area contributed by atoms with Gasteiger partial charge >= 0.3 is 11.8 Å². The topological polar surface area (TPSA) is 120 Å². The first-order chi connectivity index (χ1) is 14.0. The van der Waals surface area contributed by atoms with E-state index in [1.807, 2.05) is 26.0 Å². The molecule has 154 valence electrons. The number of nitro benzene ring substituents is 1. The summed E-state index contributed by atoms with van der Waals surface area (Å²) in [6, 6.07) is 11.1. The van der Waals surface area contributed by atoms with Crippen molar-refractivity contribution < 1.29 is 24.0 Å². The van der Waals surface area contributed by atoms with E-state index in [0.29, 0.717) is 31.1 Å². The van der Waals surface area contributed by atoms with Crippen LogP contribution in [0.15, 0.2) is 42.5 Å². The average Bonchev–Trinajstić information content (AvgIpc) is 2.70. The molecular formula is C20H23N3O6. The summed E-state index contributed by atoms with van der Waals surface area (Å²) in [5, 5.41) is 15.7. The molecule has 29 heavy (non-hydrogen) atoms.